The van der Waals surface area contributed by atoms with Gasteiger partial charge in [-0.15, -0.1) is 0 Å². The third-order valence-electron chi connectivity index (χ3n) is 3.76. The highest BCUT2D eigenvalue weighted by Crippen LogP contribution is 2.21. The van der Waals surface area contributed by atoms with Crippen molar-refractivity contribution >= 4 is 21.9 Å². The summed E-state index contributed by atoms with van der Waals surface area (Å²) >= 11 is 3.28. The number of hydrogen-bond donors (Lipinski definition) is 0. The summed E-state index contributed by atoms with van der Waals surface area (Å²) in [5.74, 6) is 5.94. The number of unbranched alkanes of at least 4 members (excludes halogenated alkanes) is 5. The minimum Gasteiger partial charge on any atom is -0.469 e. The van der Waals surface area contributed by atoms with Gasteiger partial charge in [-0.25, -0.2) is 0 Å². The van der Waals surface area contributed by atoms with Gasteiger partial charge in [0.2, 0.25) is 0 Å². The molecular weight excluding hydrogens is 356 g/mol. The molecule has 4 heteroatoms. The average Bonchev–Trinajstić information content (AvgIpc) is 2.99. The first kappa shape index (κ1) is 20.0. The summed E-state index contributed by atoms with van der Waals surface area (Å²) < 4.78 is 10.4. The second-order valence-electron chi connectivity index (χ2n) is 5.65. The van der Waals surface area contributed by atoms with Gasteiger partial charge >= 0.3 is 5.97 Å². The van der Waals surface area contributed by atoms with Crippen molar-refractivity contribution in [2.45, 2.75) is 70.0 Å². The van der Waals surface area contributed by atoms with E-state index in [1.165, 1.54) is 32.8 Å². The molecule has 0 spiro atoms. The van der Waals surface area contributed by atoms with Crippen molar-refractivity contribution in [1.29, 1.82) is 0 Å². The largest absolute Gasteiger partial charge is 0.469 e. The second kappa shape index (κ2) is 13.4. The molecule has 1 saturated heterocycles. The maximum Gasteiger partial charge on any atom is 0.308 e. The molecule has 1 rings (SSSR count). The summed E-state index contributed by atoms with van der Waals surface area (Å²) in [7, 11) is 1.40. The zero-order valence-corrected chi connectivity index (χ0v) is 15.5. The van der Waals surface area contributed by atoms with E-state index < -0.39 is 0 Å². The maximum absolute atomic E-state index is 11.2. The second-order valence-corrected chi connectivity index (χ2v) is 6.18. The number of carbonyl (C=O) groups is 1. The van der Waals surface area contributed by atoms with Gasteiger partial charge in [0.25, 0.3) is 0 Å². The number of allylic oxidation sites excluding steroid dienone is 3. The zero-order chi connectivity index (χ0) is 16.8. The van der Waals surface area contributed by atoms with Crippen LogP contribution in [0.2, 0.25) is 0 Å². The molecule has 2 atom stereocenters. The molecule has 0 radical (unpaired) electrons. The Hall–Kier alpha value is -1.05. The minimum atomic E-state index is -0.216. The molecule has 0 aromatic carbocycles. The van der Waals surface area contributed by atoms with Gasteiger partial charge in [0.05, 0.1) is 19.6 Å². The number of carbonyl (C=O) groups excluding carboxylic acids is 1. The van der Waals surface area contributed by atoms with E-state index in [4.69, 9.17) is 4.74 Å². The molecule has 0 amide bonds. The normalized spacial score (nSPS) is 20.8. The molecule has 0 bridgehead atoms. The van der Waals surface area contributed by atoms with Crippen LogP contribution in [-0.2, 0) is 14.3 Å². The third kappa shape index (κ3) is 10.4. The third-order valence-corrected chi connectivity index (χ3v) is 4.13. The number of ether oxygens (including phenoxy) is 2. The Bertz CT molecular complexity index is 445. The van der Waals surface area contributed by atoms with Crippen LogP contribution in [0.1, 0.15) is 57.8 Å². The maximum atomic E-state index is 11.2. The van der Waals surface area contributed by atoms with Crippen molar-refractivity contribution in [3.05, 3.63) is 23.2 Å². The predicted octanol–water partition coefficient (Wildman–Crippen LogP) is 4.91. The summed E-state index contributed by atoms with van der Waals surface area (Å²) in [6.45, 7) is 0. The smallest absolute Gasteiger partial charge is 0.308 e. The molecule has 0 N–H and O–H groups in total. The average molecular weight is 383 g/mol. The molecule has 3 nitrogen and oxygen atoms in total. The zero-order valence-electron chi connectivity index (χ0n) is 13.9. The Morgan fingerprint density at radius 2 is 1.96 bits per heavy atom. The molecule has 128 valence electrons. The fraction of sp³-hybridized carbons (Fsp3) is 0.632. The van der Waals surface area contributed by atoms with E-state index in [1.54, 1.807) is 0 Å². The van der Waals surface area contributed by atoms with Crippen LogP contribution in [0.4, 0.5) is 0 Å². The highest BCUT2D eigenvalue weighted by molar-refractivity contribution is 9.11. The monoisotopic (exact) mass is 382 g/mol. The van der Waals surface area contributed by atoms with Crippen LogP contribution in [0.5, 0.6) is 0 Å². The number of rotatable bonds is 9. The molecule has 1 aliphatic heterocycles. The molecule has 0 aromatic rings. The Morgan fingerprint density at radius 1 is 1.22 bits per heavy atom. The number of esters is 1. The van der Waals surface area contributed by atoms with E-state index in [2.05, 4.69) is 44.7 Å². The van der Waals surface area contributed by atoms with Crippen LogP contribution in [0.3, 0.4) is 0 Å². The minimum absolute atomic E-state index is 0.0369. The predicted molar refractivity (Wildman–Crippen MR) is 97.2 cm³/mol. The van der Waals surface area contributed by atoms with Gasteiger partial charge in [0, 0.05) is 0 Å². The Labute approximate surface area is 148 Å². The van der Waals surface area contributed by atoms with E-state index in [9.17, 15) is 4.79 Å². The van der Waals surface area contributed by atoms with Gasteiger partial charge in [0.1, 0.15) is 6.10 Å². The summed E-state index contributed by atoms with van der Waals surface area (Å²) in [6, 6.07) is 0. The lowest BCUT2D eigenvalue weighted by Crippen LogP contribution is -2.15. The summed E-state index contributed by atoms with van der Waals surface area (Å²) in [6.07, 6.45) is 15.5. The van der Waals surface area contributed by atoms with E-state index in [-0.39, 0.29) is 18.2 Å². The molecule has 1 heterocycles. The fourth-order valence-corrected chi connectivity index (χ4v) is 2.72. The standard InChI is InChI=1S/C19H27BrO3/c1-22-19(21)16-18-14-13-17(23-18)12-10-8-6-4-2-3-5-7-9-11-15-20/h6,8,11,15,17-18H,2-5,7,9,13-14,16H2,1H3. The Kier molecular flexibility index (Phi) is 11.6. The molecule has 23 heavy (non-hydrogen) atoms. The van der Waals surface area contributed by atoms with Gasteiger partial charge in [-0.2, -0.15) is 0 Å². The van der Waals surface area contributed by atoms with E-state index >= 15 is 0 Å². The SMILES string of the molecule is COC(=O)CC1CCC(C#CC=CCCCCCCC=CBr)O1. The highest BCUT2D eigenvalue weighted by atomic mass is 79.9. The van der Waals surface area contributed by atoms with Crippen LogP contribution >= 0.6 is 15.9 Å². The van der Waals surface area contributed by atoms with Crippen molar-refractivity contribution in [1.82, 2.24) is 0 Å². The van der Waals surface area contributed by atoms with Gasteiger partial charge < -0.3 is 9.47 Å². The van der Waals surface area contributed by atoms with Crippen molar-refractivity contribution in [3.63, 3.8) is 0 Å². The van der Waals surface area contributed by atoms with Crippen molar-refractivity contribution in [3.8, 4) is 11.8 Å². The van der Waals surface area contributed by atoms with Crippen molar-refractivity contribution < 1.29 is 14.3 Å². The molecule has 1 aliphatic rings. The topological polar surface area (TPSA) is 35.5 Å². The number of hydrogen-bond acceptors (Lipinski definition) is 3. The first-order chi connectivity index (χ1) is 11.3. The lowest BCUT2D eigenvalue weighted by Gasteiger charge is -2.08. The number of methoxy groups -OCH3 is 1. The van der Waals surface area contributed by atoms with Crippen LogP contribution in [-0.4, -0.2) is 25.3 Å². The molecular formula is C19H27BrO3. The highest BCUT2D eigenvalue weighted by Gasteiger charge is 2.25. The van der Waals surface area contributed by atoms with Gasteiger partial charge in [-0.1, -0.05) is 52.8 Å². The molecule has 2 unspecified atom stereocenters. The Morgan fingerprint density at radius 3 is 2.65 bits per heavy atom. The van der Waals surface area contributed by atoms with Crippen LogP contribution in [0.15, 0.2) is 23.2 Å². The van der Waals surface area contributed by atoms with E-state index in [0.29, 0.717) is 6.42 Å². The summed E-state index contributed by atoms with van der Waals surface area (Å²) in [5.41, 5.74) is 0. The molecule has 0 aromatic heterocycles. The Balaban J connectivity index is 2.05. The first-order valence-electron chi connectivity index (χ1n) is 8.39. The summed E-state index contributed by atoms with van der Waals surface area (Å²) in [5, 5.41) is 0. The lowest BCUT2D eigenvalue weighted by atomic mass is 10.1. The quantitative estimate of drug-likeness (QED) is 0.323. The van der Waals surface area contributed by atoms with Crippen LogP contribution in [0, 0.1) is 11.8 Å². The van der Waals surface area contributed by atoms with Crippen molar-refractivity contribution in [2.75, 3.05) is 7.11 Å². The first-order valence-corrected chi connectivity index (χ1v) is 9.31. The van der Waals surface area contributed by atoms with Crippen LogP contribution < -0.4 is 0 Å². The summed E-state index contributed by atoms with van der Waals surface area (Å²) in [4.78, 5) is 13.1. The fourth-order valence-electron chi connectivity index (χ4n) is 2.46. The number of halogens is 1. The molecule has 0 saturated carbocycles. The van der Waals surface area contributed by atoms with E-state index in [1.807, 2.05) is 11.1 Å². The van der Waals surface area contributed by atoms with Crippen LogP contribution in [0.25, 0.3) is 0 Å². The molecule has 1 fully saturated rings. The van der Waals surface area contributed by atoms with Gasteiger partial charge in [0.15, 0.2) is 0 Å². The van der Waals surface area contributed by atoms with Gasteiger partial charge in [-0.05, 0) is 49.6 Å². The van der Waals surface area contributed by atoms with Gasteiger partial charge in [-0.3, -0.25) is 4.79 Å². The van der Waals surface area contributed by atoms with E-state index in [0.717, 1.165) is 25.7 Å². The lowest BCUT2D eigenvalue weighted by molar-refractivity contribution is -0.143. The van der Waals surface area contributed by atoms with Crippen molar-refractivity contribution in [2.24, 2.45) is 0 Å². The molecule has 0 aliphatic carbocycles.